The van der Waals surface area contributed by atoms with Crippen LogP contribution >= 0.6 is 0 Å². The van der Waals surface area contributed by atoms with Gasteiger partial charge in [0.1, 0.15) is 0 Å². The van der Waals surface area contributed by atoms with Crippen LogP contribution in [0.25, 0.3) is 10.8 Å². The molecule has 0 N–H and O–H groups in total. The van der Waals surface area contributed by atoms with Crippen molar-refractivity contribution in [2.24, 2.45) is 4.99 Å². The van der Waals surface area contributed by atoms with Gasteiger partial charge in [-0.1, -0.05) is 66.7 Å². The summed E-state index contributed by atoms with van der Waals surface area (Å²) < 4.78 is 0. The maximum Gasteiger partial charge on any atom is 0.0629 e. The van der Waals surface area contributed by atoms with E-state index in [1.165, 1.54) is 27.6 Å². The van der Waals surface area contributed by atoms with E-state index >= 15 is 0 Å². The number of aliphatic imine (C=N–C) groups is 1. The van der Waals surface area contributed by atoms with Crippen LogP contribution in [0, 0.1) is 0 Å². The zero-order valence-electron chi connectivity index (χ0n) is 15.1. The van der Waals surface area contributed by atoms with Gasteiger partial charge in [0.25, 0.3) is 0 Å². The Hall–Kier alpha value is -3.13. The number of fused-ring (bicyclic) bond motifs is 1. The van der Waals surface area contributed by atoms with Crippen LogP contribution in [0.15, 0.2) is 95.6 Å². The van der Waals surface area contributed by atoms with Crippen molar-refractivity contribution in [3.8, 4) is 0 Å². The third-order valence-electron chi connectivity index (χ3n) is 4.84. The van der Waals surface area contributed by atoms with E-state index in [9.17, 15) is 0 Å². The minimum atomic E-state index is 0.256. The summed E-state index contributed by atoms with van der Waals surface area (Å²) in [5.74, 6) is 0.256. The van der Waals surface area contributed by atoms with Gasteiger partial charge in [-0.05, 0) is 34.5 Å². The van der Waals surface area contributed by atoms with Crippen LogP contribution in [0.2, 0.25) is 0 Å². The highest BCUT2D eigenvalue weighted by molar-refractivity contribution is 6.02. The van der Waals surface area contributed by atoms with Gasteiger partial charge in [-0.2, -0.15) is 0 Å². The lowest BCUT2D eigenvalue weighted by molar-refractivity contribution is 0.487. The molecular weight excluding hydrogens is 316 g/mol. The second kappa shape index (κ2) is 7.01. The standard InChI is InChI=1S/C24H22N2/c1-26(2)24-14-8-13-22(24)21-16-15-18-9-6-7-12-20(18)23(21)17-25-19-10-4-3-5-11-19/h3-17,22H,1-2H3. The molecule has 0 radical (unpaired) electrons. The maximum atomic E-state index is 4.75. The molecule has 0 spiro atoms. The second-order valence-corrected chi connectivity index (χ2v) is 6.73. The van der Waals surface area contributed by atoms with Crippen molar-refractivity contribution in [1.82, 2.24) is 4.90 Å². The van der Waals surface area contributed by atoms with E-state index in [-0.39, 0.29) is 5.92 Å². The van der Waals surface area contributed by atoms with Crippen LogP contribution in [0.4, 0.5) is 5.69 Å². The second-order valence-electron chi connectivity index (χ2n) is 6.73. The summed E-state index contributed by atoms with van der Waals surface area (Å²) in [6.07, 6.45) is 8.62. The van der Waals surface area contributed by atoms with E-state index in [0.717, 1.165) is 5.69 Å². The lowest BCUT2D eigenvalue weighted by Gasteiger charge is -2.23. The van der Waals surface area contributed by atoms with Crippen molar-refractivity contribution in [2.45, 2.75) is 5.92 Å². The Labute approximate surface area is 154 Å². The van der Waals surface area contributed by atoms with Crippen molar-refractivity contribution in [2.75, 3.05) is 14.1 Å². The number of hydrogen-bond acceptors (Lipinski definition) is 2. The average Bonchev–Trinajstić information content (AvgIpc) is 3.17. The third-order valence-corrected chi connectivity index (χ3v) is 4.84. The molecule has 0 saturated carbocycles. The molecule has 0 aliphatic heterocycles. The molecule has 1 atom stereocenters. The van der Waals surface area contributed by atoms with Gasteiger partial charge >= 0.3 is 0 Å². The molecule has 26 heavy (non-hydrogen) atoms. The zero-order valence-corrected chi connectivity index (χ0v) is 15.1. The Balaban J connectivity index is 1.87. The third kappa shape index (κ3) is 3.06. The molecule has 2 heteroatoms. The summed E-state index contributed by atoms with van der Waals surface area (Å²) >= 11 is 0. The molecule has 0 amide bonds. The Morgan fingerprint density at radius 3 is 2.46 bits per heavy atom. The molecule has 1 unspecified atom stereocenters. The van der Waals surface area contributed by atoms with Gasteiger partial charge in [0.05, 0.1) is 5.69 Å². The summed E-state index contributed by atoms with van der Waals surface area (Å²) in [7, 11) is 4.20. The van der Waals surface area contributed by atoms with Crippen molar-refractivity contribution in [3.63, 3.8) is 0 Å². The summed E-state index contributed by atoms with van der Waals surface area (Å²) in [5.41, 5.74) is 4.75. The van der Waals surface area contributed by atoms with Crippen molar-refractivity contribution < 1.29 is 0 Å². The molecule has 1 aliphatic rings. The maximum absolute atomic E-state index is 4.75. The minimum Gasteiger partial charge on any atom is -0.380 e. The number of para-hydroxylation sites is 1. The molecule has 0 aromatic heterocycles. The van der Waals surface area contributed by atoms with E-state index in [2.05, 4.69) is 73.6 Å². The summed E-state index contributed by atoms with van der Waals surface area (Å²) in [6, 6.07) is 23.1. The van der Waals surface area contributed by atoms with Crippen LogP contribution < -0.4 is 0 Å². The molecule has 1 aliphatic carbocycles. The first-order chi connectivity index (χ1) is 12.7. The highest BCUT2D eigenvalue weighted by Crippen LogP contribution is 2.35. The van der Waals surface area contributed by atoms with Gasteiger partial charge in [-0.25, -0.2) is 0 Å². The Morgan fingerprint density at radius 1 is 0.885 bits per heavy atom. The summed E-state index contributed by atoms with van der Waals surface area (Å²) in [5, 5.41) is 2.48. The first-order valence-corrected chi connectivity index (χ1v) is 8.90. The van der Waals surface area contributed by atoms with Crippen LogP contribution in [-0.2, 0) is 0 Å². The number of likely N-dealkylation sites (N-methyl/N-ethyl adjacent to an activating group) is 1. The van der Waals surface area contributed by atoms with E-state index in [1.807, 2.05) is 36.5 Å². The van der Waals surface area contributed by atoms with Gasteiger partial charge in [0.2, 0.25) is 0 Å². The normalized spacial score (nSPS) is 16.4. The Bertz CT molecular complexity index is 1010. The Kier molecular flexibility index (Phi) is 4.40. The molecule has 3 aromatic rings. The molecule has 3 aromatic carbocycles. The lowest BCUT2D eigenvalue weighted by Crippen LogP contribution is -2.16. The van der Waals surface area contributed by atoms with Gasteiger partial charge < -0.3 is 4.90 Å². The van der Waals surface area contributed by atoms with Gasteiger partial charge in [0, 0.05) is 37.5 Å². The van der Waals surface area contributed by atoms with Crippen molar-refractivity contribution in [1.29, 1.82) is 0 Å². The predicted octanol–water partition coefficient (Wildman–Crippen LogP) is 5.69. The first-order valence-electron chi connectivity index (χ1n) is 8.90. The number of allylic oxidation sites excluding steroid dienone is 3. The first kappa shape index (κ1) is 16.3. The quantitative estimate of drug-likeness (QED) is 0.558. The van der Waals surface area contributed by atoms with Gasteiger partial charge in [0.15, 0.2) is 0 Å². The highest BCUT2D eigenvalue weighted by Gasteiger charge is 2.21. The molecule has 2 nitrogen and oxygen atoms in total. The van der Waals surface area contributed by atoms with Crippen LogP contribution in [0.5, 0.6) is 0 Å². The molecule has 0 fully saturated rings. The Morgan fingerprint density at radius 2 is 1.65 bits per heavy atom. The fourth-order valence-corrected chi connectivity index (χ4v) is 3.54. The summed E-state index contributed by atoms with van der Waals surface area (Å²) in [6.45, 7) is 0. The molecule has 128 valence electrons. The van der Waals surface area contributed by atoms with E-state index < -0.39 is 0 Å². The van der Waals surface area contributed by atoms with E-state index in [0.29, 0.717) is 0 Å². The van der Waals surface area contributed by atoms with Crippen LogP contribution in [0.1, 0.15) is 17.0 Å². The largest absolute Gasteiger partial charge is 0.380 e. The monoisotopic (exact) mass is 338 g/mol. The SMILES string of the molecule is CN(C)C1=CC=CC1c1ccc2ccccc2c1C=Nc1ccccc1. The van der Waals surface area contributed by atoms with Gasteiger partial charge in [-0.3, -0.25) is 4.99 Å². The number of hydrogen-bond donors (Lipinski definition) is 0. The minimum absolute atomic E-state index is 0.256. The van der Waals surface area contributed by atoms with E-state index in [1.54, 1.807) is 0 Å². The van der Waals surface area contributed by atoms with Crippen molar-refractivity contribution in [3.05, 3.63) is 102 Å². The van der Waals surface area contributed by atoms with E-state index in [4.69, 9.17) is 4.99 Å². The summed E-state index contributed by atoms with van der Waals surface area (Å²) in [4.78, 5) is 6.94. The molecular formula is C24H22N2. The van der Waals surface area contributed by atoms with Gasteiger partial charge in [-0.15, -0.1) is 0 Å². The van der Waals surface area contributed by atoms with Crippen LogP contribution in [-0.4, -0.2) is 25.2 Å². The zero-order chi connectivity index (χ0) is 17.9. The van der Waals surface area contributed by atoms with Crippen LogP contribution in [0.3, 0.4) is 0 Å². The predicted molar refractivity (Wildman–Crippen MR) is 111 cm³/mol. The molecule has 4 rings (SSSR count). The fourth-order valence-electron chi connectivity index (χ4n) is 3.54. The topological polar surface area (TPSA) is 15.6 Å². The molecule has 0 heterocycles. The average molecular weight is 338 g/mol. The number of rotatable bonds is 4. The molecule has 0 bridgehead atoms. The smallest absolute Gasteiger partial charge is 0.0629 e. The van der Waals surface area contributed by atoms with Crippen molar-refractivity contribution >= 4 is 22.7 Å². The fraction of sp³-hybridized carbons (Fsp3) is 0.125. The highest BCUT2D eigenvalue weighted by atomic mass is 15.1. The lowest BCUT2D eigenvalue weighted by atomic mass is 9.89. The number of benzene rings is 3. The molecule has 0 saturated heterocycles. The number of nitrogens with zero attached hydrogens (tertiary/aromatic N) is 2.